The van der Waals surface area contributed by atoms with E-state index in [9.17, 15) is 19.6 Å². The number of nitriles is 1. The van der Waals surface area contributed by atoms with Crippen LogP contribution < -0.4 is 0 Å². The third-order valence-corrected chi connectivity index (χ3v) is 3.80. The zero-order chi connectivity index (χ0) is 22.1. The van der Waals surface area contributed by atoms with Crippen LogP contribution in [-0.4, -0.2) is 37.2 Å². The highest BCUT2D eigenvalue weighted by molar-refractivity contribution is 5.90. The van der Waals surface area contributed by atoms with Gasteiger partial charge in [-0.25, -0.2) is 0 Å². The van der Waals surface area contributed by atoms with Gasteiger partial charge in [0.2, 0.25) is 0 Å². The molecule has 0 aromatic carbocycles. The van der Waals surface area contributed by atoms with E-state index in [0.29, 0.717) is 25.7 Å². The molecule has 0 rings (SSSR count). The molecule has 0 heterocycles. The molecule has 0 aliphatic heterocycles. The number of ether oxygens (including phenoxy) is 3. The van der Waals surface area contributed by atoms with Gasteiger partial charge in [0.15, 0.2) is 5.41 Å². The quantitative estimate of drug-likeness (QED) is 0.168. The van der Waals surface area contributed by atoms with Crippen LogP contribution in [0.5, 0.6) is 0 Å². The molecular formula is C22H29NO6. The van der Waals surface area contributed by atoms with Gasteiger partial charge >= 0.3 is 17.9 Å². The highest BCUT2D eigenvalue weighted by atomic mass is 16.6. The largest absolute Gasteiger partial charge is 0.465 e. The molecule has 7 nitrogen and oxygen atoms in total. The summed E-state index contributed by atoms with van der Waals surface area (Å²) < 4.78 is 15.4. The van der Waals surface area contributed by atoms with Crippen LogP contribution in [0.25, 0.3) is 0 Å². The zero-order valence-electron chi connectivity index (χ0n) is 16.8. The molecule has 29 heavy (non-hydrogen) atoms. The van der Waals surface area contributed by atoms with Crippen molar-refractivity contribution in [3.63, 3.8) is 0 Å². The second-order valence-electron chi connectivity index (χ2n) is 6.22. The van der Waals surface area contributed by atoms with Crippen LogP contribution in [0.1, 0.15) is 38.5 Å². The van der Waals surface area contributed by atoms with Crippen molar-refractivity contribution in [1.82, 2.24) is 0 Å². The minimum Gasteiger partial charge on any atom is -0.465 e. The van der Waals surface area contributed by atoms with E-state index in [-0.39, 0.29) is 13.2 Å². The minimum absolute atomic E-state index is 0.0538. The predicted octanol–water partition coefficient (Wildman–Crippen LogP) is 3.58. The molecule has 0 fully saturated rings. The van der Waals surface area contributed by atoms with Crippen LogP contribution in [0.4, 0.5) is 0 Å². The number of carbonyl (C=O) groups excluding carboxylic acids is 3. The lowest BCUT2D eigenvalue weighted by atomic mass is 9.82. The standard InChI is InChI=1S/C22H29NO6/c1-5-9-13-27-19(24)15-22(17-23,16-20(25)28-14-10-6-2)21(26)29-18(11-7-3)12-8-4/h5-8,18H,1-4,9-16H2. The van der Waals surface area contributed by atoms with Gasteiger partial charge in [0.05, 0.1) is 32.1 Å². The van der Waals surface area contributed by atoms with Crippen molar-refractivity contribution in [2.45, 2.75) is 44.6 Å². The zero-order valence-corrected chi connectivity index (χ0v) is 16.8. The Morgan fingerprint density at radius 2 is 1.31 bits per heavy atom. The molecule has 158 valence electrons. The van der Waals surface area contributed by atoms with E-state index < -0.39 is 42.3 Å². The van der Waals surface area contributed by atoms with Crippen molar-refractivity contribution in [1.29, 1.82) is 5.26 Å². The van der Waals surface area contributed by atoms with Crippen molar-refractivity contribution >= 4 is 17.9 Å². The molecule has 0 aromatic rings. The van der Waals surface area contributed by atoms with E-state index in [1.165, 1.54) is 0 Å². The maximum Gasteiger partial charge on any atom is 0.328 e. The average molecular weight is 403 g/mol. The van der Waals surface area contributed by atoms with Crippen molar-refractivity contribution in [2.24, 2.45) is 5.41 Å². The van der Waals surface area contributed by atoms with Crippen LogP contribution in [-0.2, 0) is 28.6 Å². The summed E-state index contributed by atoms with van der Waals surface area (Å²) in [5.74, 6) is -2.59. The van der Waals surface area contributed by atoms with Crippen molar-refractivity contribution in [2.75, 3.05) is 13.2 Å². The molecule has 0 aromatic heterocycles. The Kier molecular flexibility index (Phi) is 13.3. The normalized spacial score (nSPS) is 10.3. The topological polar surface area (TPSA) is 103 Å². The van der Waals surface area contributed by atoms with Gasteiger partial charge < -0.3 is 14.2 Å². The lowest BCUT2D eigenvalue weighted by molar-refractivity contribution is -0.167. The fourth-order valence-electron chi connectivity index (χ4n) is 2.27. The first-order chi connectivity index (χ1) is 13.9. The number of hydrogen-bond acceptors (Lipinski definition) is 7. The number of nitrogens with zero attached hydrogens (tertiary/aromatic N) is 1. The van der Waals surface area contributed by atoms with Crippen LogP contribution in [0.15, 0.2) is 50.6 Å². The maximum absolute atomic E-state index is 12.8. The molecule has 7 heteroatoms. The molecule has 0 atom stereocenters. The molecule has 0 aliphatic rings. The number of carbonyl (C=O) groups is 3. The van der Waals surface area contributed by atoms with Crippen LogP contribution in [0.2, 0.25) is 0 Å². The Hall–Kier alpha value is -3.14. The Labute approximate surface area is 172 Å². The molecule has 0 radical (unpaired) electrons. The number of rotatable bonds is 16. The third kappa shape index (κ3) is 10.1. The fourth-order valence-corrected chi connectivity index (χ4v) is 2.27. The lowest BCUT2D eigenvalue weighted by Gasteiger charge is -2.25. The van der Waals surface area contributed by atoms with Crippen molar-refractivity contribution < 1.29 is 28.6 Å². The lowest BCUT2D eigenvalue weighted by Crippen LogP contribution is -2.39. The molecule has 0 bridgehead atoms. The van der Waals surface area contributed by atoms with Crippen molar-refractivity contribution in [3.05, 3.63) is 50.6 Å². The fraction of sp³-hybridized carbons (Fsp3) is 0.455. The summed E-state index contributed by atoms with van der Waals surface area (Å²) in [4.78, 5) is 37.2. The first kappa shape index (κ1) is 25.9. The van der Waals surface area contributed by atoms with Gasteiger partial charge in [-0.15, -0.1) is 26.3 Å². The van der Waals surface area contributed by atoms with Crippen molar-refractivity contribution in [3.8, 4) is 6.07 Å². The van der Waals surface area contributed by atoms with Crippen LogP contribution in [0.3, 0.4) is 0 Å². The second kappa shape index (κ2) is 14.9. The van der Waals surface area contributed by atoms with Gasteiger partial charge in [-0.05, 0) is 12.8 Å². The average Bonchev–Trinajstić information content (AvgIpc) is 2.68. The minimum atomic E-state index is -2.06. The van der Waals surface area contributed by atoms with Gasteiger partial charge in [-0.2, -0.15) is 5.26 Å². The Morgan fingerprint density at radius 3 is 1.66 bits per heavy atom. The van der Waals surface area contributed by atoms with Gasteiger partial charge in [-0.3, -0.25) is 14.4 Å². The summed E-state index contributed by atoms with van der Waals surface area (Å²) >= 11 is 0. The highest BCUT2D eigenvalue weighted by Gasteiger charge is 2.46. The van der Waals surface area contributed by atoms with E-state index in [0.717, 1.165) is 0 Å². The predicted molar refractivity (Wildman–Crippen MR) is 108 cm³/mol. The summed E-state index contributed by atoms with van der Waals surface area (Å²) in [5, 5.41) is 9.72. The molecule has 0 unspecified atom stereocenters. The SMILES string of the molecule is C=CCCOC(=O)CC(C#N)(CC(=O)OCCC=C)C(=O)OC(CC=C)CC=C. The molecule has 0 saturated carbocycles. The summed E-state index contributed by atoms with van der Waals surface area (Å²) in [6.07, 6.45) is 5.84. The number of esters is 3. The summed E-state index contributed by atoms with van der Waals surface area (Å²) in [5.41, 5.74) is -2.06. The summed E-state index contributed by atoms with van der Waals surface area (Å²) in [6, 6.07) is 1.78. The monoisotopic (exact) mass is 403 g/mol. The second-order valence-corrected chi connectivity index (χ2v) is 6.22. The molecular weight excluding hydrogens is 374 g/mol. The van der Waals surface area contributed by atoms with Gasteiger partial charge in [-0.1, -0.05) is 24.3 Å². The Morgan fingerprint density at radius 1 is 0.862 bits per heavy atom. The van der Waals surface area contributed by atoms with Crippen LogP contribution >= 0.6 is 0 Å². The maximum atomic E-state index is 12.8. The van der Waals surface area contributed by atoms with Gasteiger partial charge in [0, 0.05) is 12.8 Å². The Bertz CT molecular complexity index is 608. The first-order valence-electron chi connectivity index (χ1n) is 9.26. The molecule has 0 amide bonds. The summed E-state index contributed by atoms with van der Waals surface area (Å²) in [6.45, 7) is 14.3. The molecule has 0 spiro atoms. The first-order valence-corrected chi connectivity index (χ1v) is 9.26. The van der Waals surface area contributed by atoms with Gasteiger partial charge in [0.25, 0.3) is 0 Å². The summed E-state index contributed by atoms with van der Waals surface area (Å²) in [7, 11) is 0. The van der Waals surface area contributed by atoms with E-state index in [1.54, 1.807) is 30.4 Å². The Balaban J connectivity index is 5.49. The van der Waals surface area contributed by atoms with Crippen LogP contribution in [0, 0.1) is 16.7 Å². The molecule has 0 aliphatic carbocycles. The van der Waals surface area contributed by atoms with E-state index in [2.05, 4.69) is 26.3 Å². The molecule has 0 saturated heterocycles. The van der Waals surface area contributed by atoms with E-state index in [1.807, 2.05) is 0 Å². The third-order valence-electron chi connectivity index (χ3n) is 3.80. The van der Waals surface area contributed by atoms with Gasteiger partial charge in [0.1, 0.15) is 6.10 Å². The highest BCUT2D eigenvalue weighted by Crippen LogP contribution is 2.30. The van der Waals surface area contributed by atoms with E-state index in [4.69, 9.17) is 14.2 Å². The van der Waals surface area contributed by atoms with E-state index >= 15 is 0 Å². The smallest absolute Gasteiger partial charge is 0.328 e. The number of hydrogen-bond donors (Lipinski definition) is 0. The molecule has 0 N–H and O–H groups in total.